The van der Waals surface area contributed by atoms with Crippen LogP contribution in [0.2, 0.25) is 5.02 Å². The summed E-state index contributed by atoms with van der Waals surface area (Å²) in [6, 6.07) is 14.1. The number of carbonyl (C=O) groups is 1. The zero-order valence-corrected chi connectivity index (χ0v) is 18.1. The summed E-state index contributed by atoms with van der Waals surface area (Å²) in [5, 5.41) is 3.06. The quantitative estimate of drug-likeness (QED) is 0.566. The van der Waals surface area contributed by atoms with Crippen molar-refractivity contribution in [2.75, 3.05) is 12.9 Å². The average molecular weight is 449 g/mol. The van der Waals surface area contributed by atoms with Gasteiger partial charge in [-0.05, 0) is 36.8 Å². The fourth-order valence-corrected chi connectivity index (χ4v) is 4.27. The highest BCUT2D eigenvalue weighted by molar-refractivity contribution is 7.91. The van der Waals surface area contributed by atoms with E-state index in [0.29, 0.717) is 22.1 Å². The van der Waals surface area contributed by atoms with Gasteiger partial charge in [-0.3, -0.25) is 4.79 Å². The molecule has 9 heteroatoms. The van der Waals surface area contributed by atoms with Gasteiger partial charge in [0.25, 0.3) is 0 Å². The van der Waals surface area contributed by atoms with Crippen LogP contribution in [0.1, 0.15) is 17.0 Å². The van der Waals surface area contributed by atoms with Crippen molar-refractivity contribution in [2.24, 2.45) is 0 Å². The molecule has 0 bridgehead atoms. The average Bonchev–Trinajstić information content (AvgIpc) is 3.06. The lowest BCUT2D eigenvalue weighted by molar-refractivity contribution is -0.118. The number of oxazole rings is 1. The normalized spacial score (nSPS) is 11.3. The Morgan fingerprint density at radius 3 is 2.53 bits per heavy atom. The van der Waals surface area contributed by atoms with Gasteiger partial charge in [0.2, 0.25) is 11.8 Å². The van der Waals surface area contributed by atoms with E-state index in [1.807, 2.05) is 0 Å². The summed E-state index contributed by atoms with van der Waals surface area (Å²) in [5.41, 5.74) is 1.66. The minimum Gasteiger partial charge on any atom is -0.497 e. The molecule has 0 saturated heterocycles. The highest BCUT2D eigenvalue weighted by Gasteiger charge is 2.22. The van der Waals surface area contributed by atoms with E-state index in [9.17, 15) is 13.2 Å². The molecule has 7 nitrogen and oxygen atoms in total. The van der Waals surface area contributed by atoms with Crippen LogP contribution in [0, 0.1) is 6.92 Å². The van der Waals surface area contributed by atoms with Gasteiger partial charge in [0.1, 0.15) is 17.3 Å². The lowest BCUT2D eigenvalue weighted by atomic mass is 10.2. The van der Waals surface area contributed by atoms with E-state index in [2.05, 4.69) is 10.3 Å². The maximum Gasteiger partial charge on any atom is 0.235 e. The lowest BCUT2D eigenvalue weighted by Crippen LogP contribution is -2.30. The Bertz CT molecular complexity index is 1140. The smallest absolute Gasteiger partial charge is 0.235 e. The second kappa shape index (κ2) is 9.32. The summed E-state index contributed by atoms with van der Waals surface area (Å²) in [7, 11) is -2.17. The number of ether oxygens (including phenoxy) is 1. The molecule has 3 aromatic rings. The Labute approximate surface area is 180 Å². The minimum atomic E-state index is -3.74. The number of hydrogen-bond acceptors (Lipinski definition) is 6. The van der Waals surface area contributed by atoms with Gasteiger partial charge in [0, 0.05) is 6.54 Å². The van der Waals surface area contributed by atoms with Gasteiger partial charge in [-0.25, -0.2) is 13.4 Å². The molecular weight excluding hydrogens is 428 g/mol. The highest BCUT2D eigenvalue weighted by atomic mass is 35.5. The monoisotopic (exact) mass is 448 g/mol. The molecule has 2 aromatic carbocycles. The number of amides is 1. The molecule has 1 amide bonds. The SMILES string of the molecule is COc1ccc(CNC(=O)CS(=O)(=O)Cc2nc(-c3ccccc3Cl)oc2C)cc1. The van der Waals surface area contributed by atoms with E-state index in [1.165, 1.54) is 0 Å². The summed E-state index contributed by atoms with van der Waals surface area (Å²) in [5.74, 6) is -0.316. The number of hydrogen-bond donors (Lipinski definition) is 1. The third kappa shape index (κ3) is 5.61. The molecule has 0 aliphatic carbocycles. The molecule has 30 heavy (non-hydrogen) atoms. The van der Waals surface area contributed by atoms with Crippen LogP contribution >= 0.6 is 11.6 Å². The number of carbonyl (C=O) groups excluding carboxylic acids is 1. The summed E-state index contributed by atoms with van der Waals surface area (Å²) in [4.78, 5) is 16.4. The van der Waals surface area contributed by atoms with Gasteiger partial charge in [-0.1, -0.05) is 35.9 Å². The predicted molar refractivity (Wildman–Crippen MR) is 114 cm³/mol. The first kappa shape index (κ1) is 21.9. The van der Waals surface area contributed by atoms with Crippen LogP contribution in [-0.4, -0.2) is 32.2 Å². The second-order valence-electron chi connectivity index (χ2n) is 6.66. The Balaban J connectivity index is 1.62. The van der Waals surface area contributed by atoms with Crippen molar-refractivity contribution in [1.29, 1.82) is 0 Å². The molecule has 1 heterocycles. The van der Waals surface area contributed by atoms with E-state index in [1.54, 1.807) is 62.6 Å². The van der Waals surface area contributed by atoms with Crippen molar-refractivity contribution in [3.8, 4) is 17.2 Å². The Morgan fingerprint density at radius 1 is 1.17 bits per heavy atom. The van der Waals surface area contributed by atoms with Crippen molar-refractivity contribution < 1.29 is 22.4 Å². The predicted octanol–water partition coefficient (Wildman–Crippen LogP) is 3.54. The topological polar surface area (TPSA) is 98.5 Å². The molecule has 0 unspecified atom stereocenters. The van der Waals surface area contributed by atoms with Crippen LogP contribution in [0.3, 0.4) is 0 Å². The van der Waals surface area contributed by atoms with Crippen LogP contribution in [0.15, 0.2) is 52.9 Å². The Kier molecular flexibility index (Phi) is 6.79. The zero-order valence-electron chi connectivity index (χ0n) is 16.5. The molecule has 158 valence electrons. The number of benzene rings is 2. The fourth-order valence-electron chi connectivity index (χ4n) is 2.77. The number of sulfone groups is 1. The first-order valence-corrected chi connectivity index (χ1v) is 11.3. The molecule has 3 rings (SSSR count). The molecule has 0 aliphatic heterocycles. The molecule has 1 aromatic heterocycles. The number of aryl methyl sites for hydroxylation is 1. The van der Waals surface area contributed by atoms with E-state index in [-0.39, 0.29) is 18.1 Å². The molecule has 0 atom stereocenters. The molecule has 0 fully saturated rings. The maximum atomic E-state index is 12.5. The first-order chi connectivity index (χ1) is 14.3. The fraction of sp³-hybridized carbons (Fsp3) is 0.238. The molecule has 0 radical (unpaired) electrons. The van der Waals surface area contributed by atoms with Gasteiger partial charge >= 0.3 is 0 Å². The van der Waals surface area contributed by atoms with Crippen LogP contribution < -0.4 is 10.1 Å². The zero-order chi connectivity index (χ0) is 21.7. The van der Waals surface area contributed by atoms with Gasteiger partial charge in [-0.2, -0.15) is 0 Å². The lowest BCUT2D eigenvalue weighted by Gasteiger charge is -2.07. The van der Waals surface area contributed by atoms with Gasteiger partial charge in [-0.15, -0.1) is 0 Å². The Hall–Kier alpha value is -2.84. The van der Waals surface area contributed by atoms with Gasteiger partial charge in [0.05, 0.1) is 29.1 Å². The molecule has 0 spiro atoms. The largest absolute Gasteiger partial charge is 0.497 e. The van der Waals surface area contributed by atoms with Crippen LogP contribution in [0.4, 0.5) is 0 Å². The summed E-state index contributed by atoms with van der Waals surface area (Å²) < 4.78 is 35.6. The molecule has 1 N–H and O–H groups in total. The highest BCUT2D eigenvalue weighted by Crippen LogP contribution is 2.29. The number of rotatable bonds is 8. The molecule has 0 saturated carbocycles. The number of aromatic nitrogens is 1. The second-order valence-corrected chi connectivity index (χ2v) is 9.13. The van der Waals surface area contributed by atoms with Gasteiger partial charge in [0.15, 0.2) is 9.84 Å². The van der Waals surface area contributed by atoms with E-state index < -0.39 is 27.3 Å². The third-order valence-corrected chi connectivity index (χ3v) is 6.10. The van der Waals surface area contributed by atoms with Crippen molar-refractivity contribution in [1.82, 2.24) is 10.3 Å². The standard InChI is InChI=1S/C21H21ClN2O5S/c1-14-19(24-21(29-14)17-5-3-4-6-18(17)22)12-30(26,27)13-20(25)23-11-15-7-9-16(28-2)10-8-15/h3-10H,11-13H2,1-2H3,(H,23,25). The summed E-state index contributed by atoms with van der Waals surface area (Å²) in [6.45, 7) is 1.85. The van der Waals surface area contributed by atoms with Crippen LogP contribution in [-0.2, 0) is 26.9 Å². The number of nitrogens with zero attached hydrogens (tertiary/aromatic N) is 1. The molecular formula is C21H21ClN2O5S. The van der Waals surface area contributed by atoms with Gasteiger partial charge < -0.3 is 14.5 Å². The summed E-state index contributed by atoms with van der Waals surface area (Å²) in [6.07, 6.45) is 0. The Morgan fingerprint density at radius 2 is 1.87 bits per heavy atom. The number of halogens is 1. The number of nitrogens with one attached hydrogen (secondary N) is 1. The van der Waals surface area contributed by atoms with Crippen molar-refractivity contribution in [3.05, 3.63) is 70.6 Å². The third-order valence-electron chi connectivity index (χ3n) is 4.35. The van der Waals surface area contributed by atoms with Crippen molar-refractivity contribution >= 4 is 27.3 Å². The first-order valence-electron chi connectivity index (χ1n) is 9.08. The number of methoxy groups -OCH3 is 1. The van der Waals surface area contributed by atoms with Crippen molar-refractivity contribution in [3.63, 3.8) is 0 Å². The maximum absolute atomic E-state index is 12.5. The van der Waals surface area contributed by atoms with Crippen molar-refractivity contribution in [2.45, 2.75) is 19.2 Å². The summed E-state index contributed by atoms with van der Waals surface area (Å²) >= 11 is 6.15. The van der Waals surface area contributed by atoms with E-state index in [4.69, 9.17) is 20.8 Å². The van der Waals surface area contributed by atoms with E-state index in [0.717, 1.165) is 5.56 Å². The molecule has 0 aliphatic rings. The minimum absolute atomic E-state index is 0.220. The van der Waals surface area contributed by atoms with E-state index >= 15 is 0 Å². The van der Waals surface area contributed by atoms with Crippen LogP contribution in [0.25, 0.3) is 11.5 Å². The van der Waals surface area contributed by atoms with Crippen LogP contribution in [0.5, 0.6) is 5.75 Å².